The number of tetrazole rings is 1. The molecule has 3 heterocycles. The Labute approximate surface area is 246 Å². The first-order valence-corrected chi connectivity index (χ1v) is 14.7. The van der Waals surface area contributed by atoms with E-state index in [9.17, 15) is 19.2 Å². The average Bonchev–Trinajstić information content (AvgIpc) is 3.76. The van der Waals surface area contributed by atoms with Gasteiger partial charge in [-0.15, -0.1) is 21.5 Å². The van der Waals surface area contributed by atoms with Gasteiger partial charge in [0, 0.05) is 16.8 Å². The third-order valence-corrected chi connectivity index (χ3v) is 8.51. The maximum absolute atomic E-state index is 13.5. The summed E-state index contributed by atoms with van der Waals surface area (Å²) in [5, 5.41) is 24.8. The van der Waals surface area contributed by atoms with E-state index in [1.807, 2.05) is 55.6 Å². The Kier molecular flexibility index (Phi) is 8.86. The number of para-hydroxylation sites is 1. The summed E-state index contributed by atoms with van der Waals surface area (Å²) in [6, 6.07) is 13.5. The van der Waals surface area contributed by atoms with Crippen molar-refractivity contribution in [2.24, 2.45) is 5.92 Å². The van der Waals surface area contributed by atoms with Crippen LogP contribution in [0.1, 0.15) is 37.2 Å². The molecule has 1 aliphatic rings. The first-order chi connectivity index (χ1) is 20.4. The second-order valence-electron chi connectivity index (χ2n) is 10.2. The molecule has 0 radical (unpaired) electrons. The number of H-pyrrole nitrogens is 1. The van der Waals surface area contributed by atoms with Gasteiger partial charge in [0.15, 0.2) is 5.82 Å². The molecule has 12 nitrogen and oxygen atoms in total. The third kappa shape index (κ3) is 6.30. The summed E-state index contributed by atoms with van der Waals surface area (Å²) in [7, 11) is 0. The van der Waals surface area contributed by atoms with E-state index >= 15 is 0 Å². The van der Waals surface area contributed by atoms with Gasteiger partial charge in [0.2, 0.25) is 23.6 Å². The molecule has 2 aromatic carbocycles. The van der Waals surface area contributed by atoms with Crippen molar-refractivity contribution in [1.29, 1.82) is 0 Å². The fourth-order valence-electron chi connectivity index (χ4n) is 5.07. The minimum Gasteiger partial charge on any atom is -0.347 e. The first kappa shape index (κ1) is 28.9. The number of benzene rings is 2. The highest BCUT2D eigenvalue weighted by atomic mass is 32.1. The molecule has 0 aliphatic carbocycles. The highest BCUT2D eigenvalue weighted by molar-refractivity contribution is 7.17. The van der Waals surface area contributed by atoms with Crippen molar-refractivity contribution in [1.82, 2.24) is 36.6 Å². The quantitative estimate of drug-likeness (QED) is 0.208. The van der Waals surface area contributed by atoms with E-state index in [0.29, 0.717) is 24.4 Å². The molecule has 0 saturated carbocycles. The van der Waals surface area contributed by atoms with Crippen molar-refractivity contribution in [3.05, 3.63) is 70.9 Å². The number of nitrogens with zero attached hydrogens (tertiary/aromatic N) is 4. The topological polar surface area (TPSA) is 162 Å². The van der Waals surface area contributed by atoms with Crippen LogP contribution in [-0.2, 0) is 38.6 Å². The number of carbonyl (C=O) groups is 4. The molecular weight excluding hydrogens is 556 g/mol. The second-order valence-corrected chi connectivity index (χ2v) is 11.2. The molecule has 4 aromatic rings. The SMILES string of the molecule is CC[C@H](C)[C@H](NC(=O)Cc1csc2ccccc12)C(=O)NCC(=O)N1c2ccccc2C[C@H]1C(=O)NCc1nn[nH]n1. The van der Waals surface area contributed by atoms with Gasteiger partial charge in [0.05, 0.1) is 19.5 Å². The number of anilines is 1. The lowest BCUT2D eigenvalue weighted by atomic mass is 9.97. The first-order valence-electron chi connectivity index (χ1n) is 13.8. The number of rotatable bonds is 11. The molecule has 42 heavy (non-hydrogen) atoms. The molecular formula is C29H32N8O4S. The summed E-state index contributed by atoms with van der Waals surface area (Å²) in [4.78, 5) is 54.3. The molecule has 13 heteroatoms. The van der Waals surface area contributed by atoms with Gasteiger partial charge in [-0.3, -0.25) is 24.1 Å². The summed E-state index contributed by atoms with van der Waals surface area (Å²) in [6.07, 6.45) is 1.13. The lowest BCUT2D eigenvalue weighted by Crippen LogP contribution is -2.54. The van der Waals surface area contributed by atoms with Crippen LogP contribution in [0.15, 0.2) is 53.9 Å². The van der Waals surface area contributed by atoms with Crippen molar-refractivity contribution < 1.29 is 19.2 Å². The average molecular weight is 589 g/mol. The number of carbonyl (C=O) groups excluding carboxylic acids is 4. The summed E-state index contributed by atoms with van der Waals surface area (Å²) in [6.45, 7) is 3.54. The summed E-state index contributed by atoms with van der Waals surface area (Å²) in [5.41, 5.74) is 2.37. The standard InChI is InChI=1S/C29H32N8O4S/c1-3-17(2)27(32-25(38)13-19-16-42-23-11-7-5-9-20(19)23)29(41)31-15-26(39)37-21-10-6-4-8-18(21)12-22(37)28(40)30-14-24-33-35-36-34-24/h4-11,16-17,22,27H,3,12-15H2,1-2H3,(H,30,40)(H,31,41)(H,32,38)(H,33,34,35,36)/t17-,22-,27-/m0/s1. The molecule has 5 rings (SSSR count). The fourth-order valence-corrected chi connectivity index (χ4v) is 6.04. The van der Waals surface area contributed by atoms with E-state index < -0.39 is 23.9 Å². The molecule has 218 valence electrons. The lowest BCUT2D eigenvalue weighted by Gasteiger charge is -2.26. The van der Waals surface area contributed by atoms with Gasteiger partial charge in [-0.2, -0.15) is 5.21 Å². The van der Waals surface area contributed by atoms with Crippen LogP contribution in [-0.4, -0.2) is 62.9 Å². The maximum Gasteiger partial charge on any atom is 0.247 e. The zero-order chi connectivity index (χ0) is 29.6. The highest BCUT2D eigenvalue weighted by Gasteiger charge is 2.38. The van der Waals surface area contributed by atoms with Crippen LogP contribution in [0.3, 0.4) is 0 Å². The van der Waals surface area contributed by atoms with Crippen LogP contribution in [0, 0.1) is 5.92 Å². The van der Waals surface area contributed by atoms with Gasteiger partial charge in [-0.05, 0) is 39.9 Å². The third-order valence-electron chi connectivity index (χ3n) is 7.50. The Balaban J connectivity index is 1.23. The van der Waals surface area contributed by atoms with E-state index in [0.717, 1.165) is 21.2 Å². The molecule has 3 atom stereocenters. The van der Waals surface area contributed by atoms with E-state index in [2.05, 4.69) is 36.6 Å². The molecule has 0 bridgehead atoms. The molecule has 0 fully saturated rings. The summed E-state index contributed by atoms with van der Waals surface area (Å²) < 4.78 is 1.10. The van der Waals surface area contributed by atoms with Gasteiger partial charge >= 0.3 is 0 Å². The van der Waals surface area contributed by atoms with Crippen LogP contribution >= 0.6 is 11.3 Å². The van der Waals surface area contributed by atoms with Gasteiger partial charge in [0.25, 0.3) is 0 Å². The van der Waals surface area contributed by atoms with Crippen molar-refractivity contribution in [2.45, 2.75) is 51.7 Å². The predicted molar refractivity (Wildman–Crippen MR) is 157 cm³/mol. The van der Waals surface area contributed by atoms with Crippen molar-refractivity contribution in [2.75, 3.05) is 11.4 Å². The minimum atomic E-state index is -0.819. The molecule has 1 aliphatic heterocycles. The number of fused-ring (bicyclic) bond motifs is 2. The van der Waals surface area contributed by atoms with Crippen LogP contribution < -0.4 is 20.9 Å². The minimum absolute atomic E-state index is 0.0540. The number of hydrogen-bond acceptors (Lipinski definition) is 8. The summed E-state index contributed by atoms with van der Waals surface area (Å²) in [5.74, 6) is -1.38. The molecule has 4 N–H and O–H groups in total. The Morgan fingerprint density at radius 3 is 2.67 bits per heavy atom. The van der Waals surface area contributed by atoms with Crippen LogP contribution in [0.4, 0.5) is 5.69 Å². The van der Waals surface area contributed by atoms with Crippen LogP contribution in [0.25, 0.3) is 10.1 Å². The number of nitrogens with one attached hydrogen (secondary N) is 4. The van der Waals surface area contributed by atoms with E-state index in [4.69, 9.17) is 0 Å². The number of hydrogen-bond donors (Lipinski definition) is 4. The van der Waals surface area contributed by atoms with E-state index in [-0.39, 0.29) is 37.2 Å². The zero-order valence-corrected chi connectivity index (χ0v) is 24.1. The number of aromatic nitrogens is 4. The Morgan fingerprint density at radius 2 is 1.88 bits per heavy atom. The molecule has 0 unspecified atom stereocenters. The largest absolute Gasteiger partial charge is 0.347 e. The molecule has 4 amide bonds. The zero-order valence-electron chi connectivity index (χ0n) is 23.3. The van der Waals surface area contributed by atoms with Gasteiger partial charge < -0.3 is 16.0 Å². The summed E-state index contributed by atoms with van der Waals surface area (Å²) >= 11 is 1.57. The normalized spacial score (nSPS) is 15.6. The lowest BCUT2D eigenvalue weighted by molar-refractivity contribution is -0.131. The van der Waals surface area contributed by atoms with Gasteiger partial charge in [-0.1, -0.05) is 61.9 Å². The second kappa shape index (κ2) is 12.9. The fraction of sp³-hybridized carbons (Fsp3) is 0.345. The van der Waals surface area contributed by atoms with Crippen molar-refractivity contribution >= 4 is 50.7 Å². The molecule has 0 saturated heterocycles. The predicted octanol–water partition coefficient (Wildman–Crippen LogP) is 1.88. The monoisotopic (exact) mass is 588 g/mol. The van der Waals surface area contributed by atoms with Crippen molar-refractivity contribution in [3.8, 4) is 0 Å². The van der Waals surface area contributed by atoms with Gasteiger partial charge in [0.1, 0.15) is 12.1 Å². The molecule has 0 spiro atoms. The van der Waals surface area contributed by atoms with E-state index in [1.165, 1.54) is 4.90 Å². The Morgan fingerprint density at radius 1 is 1.10 bits per heavy atom. The van der Waals surface area contributed by atoms with E-state index in [1.54, 1.807) is 23.5 Å². The van der Waals surface area contributed by atoms with Gasteiger partial charge in [-0.25, -0.2) is 0 Å². The van der Waals surface area contributed by atoms with Crippen molar-refractivity contribution in [3.63, 3.8) is 0 Å². The highest BCUT2D eigenvalue weighted by Crippen LogP contribution is 2.32. The smallest absolute Gasteiger partial charge is 0.247 e. The van der Waals surface area contributed by atoms with Crippen LogP contribution in [0.5, 0.6) is 0 Å². The maximum atomic E-state index is 13.5. The number of amides is 4. The Bertz CT molecular complexity index is 1590. The number of thiophene rings is 1. The Hall–Kier alpha value is -4.65. The van der Waals surface area contributed by atoms with Crippen LogP contribution in [0.2, 0.25) is 0 Å². The number of aromatic amines is 1. The molecule has 2 aromatic heterocycles.